The third-order valence-corrected chi connectivity index (χ3v) is 3.37. The molecule has 1 aromatic heterocycles. The third-order valence-electron chi connectivity index (χ3n) is 2.26. The Morgan fingerprint density at radius 1 is 1.64 bits per heavy atom. The van der Waals surface area contributed by atoms with E-state index < -0.39 is 0 Å². The molecular weight excluding hydrogens is 196 g/mol. The van der Waals surface area contributed by atoms with Gasteiger partial charge in [0.05, 0.1) is 4.88 Å². The van der Waals surface area contributed by atoms with E-state index >= 15 is 0 Å². The first-order valence-corrected chi connectivity index (χ1v) is 5.21. The smallest absolute Gasteiger partial charge is 0.258 e. The number of hydrogen-bond acceptors (Lipinski definition) is 3. The lowest BCUT2D eigenvalue weighted by Crippen LogP contribution is -2.40. The lowest BCUT2D eigenvalue weighted by atomic mass is 9.95. The summed E-state index contributed by atoms with van der Waals surface area (Å²) in [5.74, 6) is -0.370. The van der Waals surface area contributed by atoms with Crippen LogP contribution in [0.1, 0.15) is 23.0 Å². The number of carbonyl (C=O) groups is 1. The molecule has 1 aliphatic carbocycles. The van der Waals surface area contributed by atoms with Gasteiger partial charge in [-0.25, -0.2) is 0 Å². The zero-order valence-electron chi connectivity index (χ0n) is 7.91. The number of nitrogens with two attached hydrogens (primary N) is 2. The van der Waals surface area contributed by atoms with Gasteiger partial charge in [0.25, 0.3) is 5.91 Å². The van der Waals surface area contributed by atoms with Crippen LogP contribution >= 0.6 is 11.3 Å². The summed E-state index contributed by atoms with van der Waals surface area (Å²) in [5, 5.41) is 1.08. The van der Waals surface area contributed by atoms with Gasteiger partial charge in [-0.05, 0) is 30.7 Å². The number of carbonyl (C=O) groups excluding carboxylic acids is 1. The molecule has 4 N–H and O–H groups in total. The maximum absolute atomic E-state index is 11.0. The summed E-state index contributed by atoms with van der Waals surface area (Å²) in [6.07, 6.45) is 4.85. The molecule has 0 bridgehead atoms. The van der Waals surface area contributed by atoms with E-state index in [2.05, 4.69) is 6.08 Å². The molecule has 2 rings (SSSR count). The molecule has 0 saturated carbocycles. The van der Waals surface area contributed by atoms with Gasteiger partial charge in [0.1, 0.15) is 0 Å². The quantitative estimate of drug-likeness (QED) is 0.655. The van der Waals surface area contributed by atoms with E-state index in [0.717, 1.165) is 16.2 Å². The lowest BCUT2D eigenvalue weighted by molar-refractivity contribution is 0.100. The number of hydrogen-bond donors (Lipinski definition) is 2. The van der Waals surface area contributed by atoms with Crippen LogP contribution in [0.5, 0.6) is 0 Å². The van der Waals surface area contributed by atoms with Crippen LogP contribution in [0.4, 0.5) is 0 Å². The van der Waals surface area contributed by atoms with Gasteiger partial charge < -0.3 is 11.5 Å². The molecule has 1 amide bonds. The Hall–Kier alpha value is -1.13. The van der Waals surface area contributed by atoms with Crippen molar-refractivity contribution in [2.24, 2.45) is 11.5 Å². The zero-order chi connectivity index (χ0) is 10.3. The van der Waals surface area contributed by atoms with Crippen molar-refractivity contribution in [1.29, 1.82) is 0 Å². The van der Waals surface area contributed by atoms with Crippen LogP contribution in [0.15, 0.2) is 6.07 Å². The van der Waals surface area contributed by atoms with Crippen molar-refractivity contribution >= 4 is 29.4 Å². The van der Waals surface area contributed by atoms with Crippen LogP contribution in [0.2, 0.25) is 0 Å². The highest BCUT2D eigenvalue weighted by molar-refractivity contribution is 7.12. The fourth-order valence-corrected chi connectivity index (χ4v) is 2.61. The Morgan fingerprint density at radius 2 is 2.36 bits per heavy atom. The predicted octanol–water partition coefficient (Wildman–Crippen LogP) is -0.471. The second-order valence-corrected chi connectivity index (χ2v) is 4.94. The minimum Gasteiger partial charge on any atom is -0.365 e. The van der Waals surface area contributed by atoms with Gasteiger partial charge in [0.15, 0.2) is 0 Å². The van der Waals surface area contributed by atoms with Crippen LogP contribution in [-0.2, 0) is 0 Å². The Balaban J connectivity index is 2.64. The zero-order valence-corrected chi connectivity index (χ0v) is 8.73. The highest BCUT2D eigenvalue weighted by Gasteiger charge is 2.17. The summed E-state index contributed by atoms with van der Waals surface area (Å²) in [6.45, 7) is 1.97. The van der Waals surface area contributed by atoms with Gasteiger partial charge in [-0.2, -0.15) is 0 Å². The van der Waals surface area contributed by atoms with Crippen molar-refractivity contribution in [3.8, 4) is 0 Å². The third kappa shape index (κ3) is 1.58. The van der Waals surface area contributed by atoms with E-state index in [1.54, 1.807) is 0 Å². The second kappa shape index (κ2) is 2.93. The molecule has 3 nitrogen and oxygen atoms in total. The first-order chi connectivity index (χ1) is 6.48. The van der Waals surface area contributed by atoms with Gasteiger partial charge in [-0.1, -0.05) is 6.08 Å². The van der Waals surface area contributed by atoms with Crippen LogP contribution in [0.3, 0.4) is 0 Å². The topological polar surface area (TPSA) is 69.1 Å². The summed E-state index contributed by atoms with van der Waals surface area (Å²) in [6, 6.07) is 1.83. The summed E-state index contributed by atoms with van der Waals surface area (Å²) in [4.78, 5) is 11.6. The number of thiophene rings is 1. The van der Waals surface area contributed by atoms with Crippen LogP contribution < -0.4 is 21.2 Å². The molecule has 0 aliphatic heterocycles. The van der Waals surface area contributed by atoms with Crippen molar-refractivity contribution in [2.45, 2.75) is 18.9 Å². The van der Waals surface area contributed by atoms with E-state index in [-0.39, 0.29) is 11.4 Å². The lowest BCUT2D eigenvalue weighted by Gasteiger charge is -2.19. The Bertz CT molecular complexity index is 499. The van der Waals surface area contributed by atoms with Crippen molar-refractivity contribution < 1.29 is 4.79 Å². The molecule has 0 aromatic carbocycles. The highest BCUT2D eigenvalue weighted by atomic mass is 32.1. The predicted molar refractivity (Wildman–Crippen MR) is 58.2 cm³/mol. The first-order valence-electron chi connectivity index (χ1n) is 4.39. The summed E-state index contributed by atoms with van der Waals surface area (Å²) < 4.78 is 1.05. The molecular formula is C10H12N2OS. The van der Waals surface area contributed by atoms with Crippen molar-refractivity contribution in [3.05, 3.63) is 20.7 Å². The van der Waals surface area contributed by atoms with Crippen molar-refractivity contribution in [3.63, 3.8) is 0 Å². The Morgan fingerprint density at radius 3 is 3.00 bits per heavy atom. The minimum absolute atomic E-state index is 0.299. The fraction of sp³-hybridized carbons (Fsp3) is 0.300. The maximum Gasteiger partial charge on any atom is 0.258 e. The number of primary amides is 1. The van der Waals surface area contributed by atoms with Crippen LogP contribution in [-0.4, -0.2) is 11.4 Å². The van der Waals surface area contributed by atoms with E-state index in [4.69, 9.17) is 11.5 Å². The summed E-state index contributed by atoms with van der Waals surface area (Å²) in [5.41, 5.74) is 10.9. The molecule has 4 heteroatoms. The Labute approximate surface area is 85.7 Å². The molecule has 14 heavy (non-hydrogen) atoms. The SMILES string of the molecule is CC1(N)C=c2sc(C(N)=O)cc2=CC1. The average Bonchev–Trinajstić information content (AvgIpc) is 2.45. The minimum atomic E-state index is -0.370. The first kappa shape index (κ1) is 9.43. The Kier molecular flexibility index (Phi) is 1.97. The monoisotopic (exact) mass is 208 g/mol. The number of rotatable bonds is 1. The fourth-order valence-electron chi connectivity index (χ4n) is 1.50. The molecule has 1 unspecified atom stereocenters. The van der Waals surface area contributed by atoms with E-state index in [0.29, 0.717) is 4.88 Å². The molecule has 0 saturated heterocycles. The van der Waals surface area contributed by atoms with E-state index in [1.165, 1.54) is 11.3 Å². The molecule has 1 aliphatic rings. The van der Waals surface area contributed by atoms with E-state index in [9.17, 15) is 4.79 Å². The second-order valence-electron chi connectivity index (χ2n) is 3.85. The van der Waals surface area contributed by atoms with Crippen molar-refractivity contribution in [2.75, 3.05) is 0 Å². The van der Waals surface area contributed by atoms with Gasteiger partial charge in [-0.3, -0.25) is 4.79 Å². The number of amides is 1. The molecule has 0 spiro atoms. The molecule has 74 valence electrons. The standard InChI is InChI=1S/C10H12N2OS/c1-10(12)3-2-6-4-7(9(11)13)14-8(6)5-10/h2,4-5H,3,12H2,1H3,(H2,11,13). The average molecular weight is 208 g/mol. The maximum atomic E-state index is 11.0. The van der Waals surface area contributed by atoms with Gasteiger partial charge >= 0.3 is 0 Å². The van der Waals surface area contributed by atoms with E-state index in [1.807, 2.05) is 19.1 Å². The largest absolute Gasteiger partial charge is 0.365 e. The number of fused-ring (bicyclic) bond motifs is 1. The van der Waals surface area contributed by atoms with Crippen LogP contribution in [0.25, 0.3) is 12.2 Å². The van der Waals surface area contributed by atoms with Gasteiger partial charge in [0, 0.05) is 10.1 Å². The molecule has 1 aromatic rings. The summed E-state index contributed by atoms with van der Waals surface area (Å²) in [7, 11) is 0. The highest BCUT2D eigenvalue weighted by Crippen LogP contribution is 2.12. The normalized spacial score (nSPS) is 24.7. The molecule has 0 radical (unpaired) electrons. The van der Waals surface area contributed by atoms with Gasteiger partial charge in [-0.15, -0.1) is 11.3 Å². The molecule has 1 atom stereocenters. The van der Waals surface area contributed by atoms with Crippen molar-refractivity contribution in [1.82, 2.24) is 0 Å². The van der Waals surface area contributed by atoms with Crippen LogP contribution in [0, 0.1) is 0 Å². The molecule has 1 heterocycles. The molecule has 0 fully saturated rings. The van der Waals surface area contributed by atoms with Gasteiger partial charge in [0.2, 0.25) is 0 Å². The summed E-state index contributed by atoms with van der Waals surface area (Å²) >= 11 is 1.40.